The number of nitro benzene ring substituents is 1. The first-order chi connectivity index (χ1) is 6.70. The van der Waals surface area contributed by atoms with Crippen LogP contribution in [-0.4, -0.2) is 11.5 Å². The third-order valence-electron chi connectivity index (χ3n) is 2.33. The Kier molecular flexibility index (Phi) is 2.18. The van der Waals surface area contributed by atoms with Crippen LogP contribution in [0.4, 0.5) is 5.69 Å². The summed E-state index contributed by atoms with van der Waals surface area (Å²) in [6, 6.07) is 4.69. The number of benzene rings is 1. The highest BCUT2D eigenvalue weighted by molar-refractivity contribution is 5.47. The van der Waals surface area contributed by atoms with Gasteiger partial charge in [-0.3, -0.25) is 10.1 Å². The van der Waals surface area contributed by atoms with E-state index in [0.717, 1.165) is 5.56 Å². The van der Waals surface area contributed by atoms with E-state index in [4.69, 9.17) is 10.5 Å². The van der Waals surface area contributed by atoms with E-state index < -0.39 is 4.92 Å². The van der Waals surface area contributed by atoms with E-state index in [0.29, 0.717) is 12.2 Å². The second-order valence-electron chi connectivity index (χ2n) is 3.22. The predicted octanol–water partition coefficient (Wildman–Crippen LogP) is 1.12. The first-order valence-electron chi connectivity index (χ1n) is 4.29. The van der Waals surface area contributed by atoms with Crippen molar-refractivity contribution in [3.8, 4) is 0 Å². The topological polar surface area (TPSA) is 78.4 Å². The molecule has 5 heteroatoms. The van der Waals surface area contributed by atoms with Crippen LogP contribution < -0.4 is 5.73 Å². The van der Waals surface area contributed by atoms with Crippen LogP contribution in [-0.2, 0) is 11.3 Å². The molecule has 0 aliphatic carbocycles. The number of ether oxygens (including phenoxy) is 1. The van der Waals surface area contributed by atoms with E-state index in [1.807, 2.05) is 6.07 Å². The third kappa shape index (κ3) is 1.36. The van der Waals surface area contributed by atoms with Crippen LogP contribution in [0.15, 0.2) is 18.2 Å². The Hall–Kier alpha value is -1.46. The SMILES string of the molecule is NC1COCc2c1cccc2[N+](=O)[O-]. The van der Waals surface area contributed by atoms with Crippen LogP contribution in [0.5, 0.6) is 0 Å². The lowest BCUT2D eigenvalue weighted by Crippen LogP contribution is -2.24. The molecule has 0 spiro atoms. The fourth-order valence-electron chi connectivity index (χ4n) is 1.65. The normalized spacial score (nSPS) is 20.2. The van der Waals surface area contributed by atoms with Gasteiger partial charge in [0.2, 0.25) is 0 Å². The van der Waals surface area contributed by atoms with Crippen LogP contribution in [0.2, 0.25) is 0 Å². The van der Waals surface area contributed by atoms with Gasteiger partial charge in [-0.2, -0.15) is 0 Å². The molecule has 1 aliphatic heterocycles. The summed E-state index contributed by atoms with van der Waals surface area (Å²) in [5.41, 5.74) is 7.29. The second-order valence-corrected chi connectivity index (χ2v) is 3.22. The van der Waals surface area contributed by atoms with Crippen molar-refractivity contribution in [2.24, 2.45) is 5.73 Å². The number of nitro groups is 1. The van der Waals surface area contributed by atoms with Gasteiger partial charge in [0, 0.05) is 6.07 Å². The second kappa shape index (κ2) is 3.36. The third-order valence-corrected chi connectivity index (χ3v) is 2.33. The Morgan fingerprint density at radius 1 is 1.57 bits per heavy atom. The van der Waals surface area contributed by atoms with E-state index in [2.05, 4.69) is 0 Å². The summed E-state index contributed by atoms with van der Waals surface area (Å²) < 4.78 is 5.17. The van der Waals surface area contributed by atoms with Crippen LogP contribution in [0, 0.1) is 10.1 Å². The average molecular weight is 194 g/mol. The van der Waals surface area contributed by atoms with E-state index in [9.17, 15) is 10.1 Å². The highest BCUT2D eigenvalue weighted by atomic mass is 16.6. The highest BCUT2D eigenvalue weighted by Gasteiger charge is 2.24. The zero-order valence-electron chi connectivity index (χ0n) is 7.47. The number of hydrogen-bond acceptors (Lipinski definition) is 4. The Morgan fingerprint density at radius 2 is 2.36 bits per heavy atom. The highest BCUT2D eigenvalue weighted by Crippen LogP contribution is 2.30. The Morgan fingerprint density at radius 3 is 3.07 bits per heavy atom. The molecular formula is C9H10N2O3. The number of hydrogen-bond donors (Lipinski definition) is 1. The molecule has 0 radical (unpaired) electrons. The molecule has 0 fully saturated rings. The lowest BCUT2D eigenvalue weighted by atomic mass is 9.98. The molecule has 1 aliphatic rings. The monoisotopic (exact) mass is 194 g/mol. The molecule has 2 rings (SSSR count). The van der Waals surface area contributed by atoms with Crippen LogP contribution in [0.3, 0.4) is 0 Å². The molecule has 0 amide bonds. The summed E-state index contributed by atoms with van der Waals surface area (Å²) in [6.07, 6.45) is 0. The summed E-state index contributed by atoms with van der Waals surface area (Å²) in [5.74, 6) is 0. The van der Waals surface area contributed by atoms with Gasteiger partial charge in [0.25, 0.3) is 5.69 Å². The summed E-state index contributed by atoms with van der Waals surface area (Å²) in [5, 5.41) is 10.7. The fraction of sp³-hybridized carbons (Fsp3) is 0.333. The number of nitrogens with two attached hydrogens (primary N) is 1. The summed E-state index contributed by atoms with van der Waals surface area (Å²) in [6.45, 7) is 0.703. The summed E-state index contributed by atoms with van der Waals surface area (Å²) in [4.78, 5) is 10.3. The van der Waals surface area contributed by atoms with Crippen molar-refractivity contribution in [2.45, 2.75) is 12.6 Å². The smallest absolute Gasteiger partial charge is 0.275 e. The van der Waals surface area contributed by atoms with Crippen molar-refractivity contribution in [3.63, 3.8) is 0 Å². The van der Waals surface area contributed by atoms with Gasteiger partial charge in [-0.1, -0.05) is 12.1 Å². The Bertz CT molecular complexity index is 378. The lowest BCUT2D eigenvalue weighted by Gasteiger charge is -2.21. The fourth-order valence-corrected chi connectivity index (χ4v) is 1.65. The summed E-state index contributed by atoms with van der Waals surface area (Å²) >= 11 is 0. The van der Waals surface area contributed by atoms with Crippen LogP contribution in [0.1, 0.15) is 17.2 Å². The van der Waals surface area contributed by atoms with Gasteiger partial charge in [-0.05, 0) is 5.56 Å². The van der Waals surface area contributed by atoms with Gasteiger partial charge in [-0.15, -0.1) is 0 Å². The first-order valence-corrected chi connectivity index (χ1v) is 4.29. The molecule has 5 nitrogen and oxygen atoms in total. The van der Waals surface area contributed by atoms with Crippen molar-refractivity contribution in [3.05, 3.63) is 39.4 Å². The van der Waals surface area contributed by atoms with Gasteiger partial charge in [0.1, 0.15) is 0 Å². The van der Waals surface area contributed by atoms with Crippen LogP contribution in [0.25, 0.3) is 0 Å². The van der Waals surface area contributed by atoms with Gasteiger partial charge < -0.3 is 10.5 Å². The minimum Gasteiger partial charge on any atom is -0.375 e. The van der Waals surface area contributed by atoms with Crippen molar-refractivity contribution in [1.82, 2.24) is 0 Å². The van der Waals surface area contributed by atoms with Crippen molar-refractivity contribution >= 4 is 5.69 Å². The van der Waals surface area contributed by atoms with Crippen molar-refractivity contribution in [2.75, 3.05) is 6.61 Å². The van der Waals surface area contributed by atoms with E-state index in [1.165, 1.54) is 6.07 Å². The molecule has 2 N–H and O–H groups in total. The molecule has 0 aromatic heterocycles. The zero-order chi connectivity index (χ0) is 10.1. The average Bonchev–Trinajstić information content (AvgIpc) is 2.17. The number of rotatable bonds is 1. The maximum absolute atomic E-state index is 10.7. The quantitative estimate of drug-likeness (QED) is 0.536. The van der Waals surface area contributed by atoms with Crippen molar-refractivity contribution in [1.29, 1.82) is 0 Å². The maximum atomic E-state index is 10.7. The number of nitrogens with zero attached hydrogens (tertiary/aromatic N) is 1. The Labute approximate surface area is 80.6 Å². The molecule has 1 heterocycles. The van der Waals surface area contributed by atoms with Crippen LogP contribution >= 0.6 is 0 Å². The molecule has 1 unspecified atom stereocenters. The molecule has 1 aromatic rings. The minimum absolute atomic E-state index is 0.0950. The molecular weight excluding hydrogens is 184 g/mol. The molecule has 14 heavy (non-hydrogen) atoms. The maximum Gasteiger partial charge on any atom is 0.275 e. The zero-order valence-corrected chi connectivity index (χ0v) is 7.47. The van der Waals surface area contributed by atoms with Crippen molar-refractivity contribution < 1.29 is 9.66 Å². The number of fused-ring (bicyclic) bond motifs is 1. The molecule has 74 valence electrons. The summed E-state index contributed by atoms with van der Waals surface area (Å²) in [7, 11) is 0. The van der Waals surface area contributed by atoms with Gasteiger partial charge in [0.15, 0.2) is 0 Å². The predicted molar refractivity (Wildman–Crippen MR) is 49.7 cm³/mol. The lowest BCUT2D eigenvalue weighted by molar-refractivity contribution is -0.386. The van der Waals surface area contributed by atoms with Gasteiger partial charge in [0.05, 0.1) is 29.7 Å². The molecule has 1 aromatic carbocycles. The molecule has 0 saturated heterocycles. The minimum atomic E-state index is -0.403. The molecule has 1 atom stereocenters. The van der Waals surface area contributed by atoms with E-state index >= 15 is 0 Å². The molecule has 0 saturated carbocycles. The van der Waals surface area contributed by atoms with E-state index in [-0.39, 0.29) is 18.3 Å². The van der Waals surface area contributed by atoms with Gasteiger partial charge >= 0.3 is 0 Å². The standard InChI is InChI=1S/C9H10N2O3/c10-8-5-14-4-7-6(8)2-1-3-9(7)11(12)13/h1-3,8H,4-5,10H2. The van der Waals surface area contributed by atoms with Gasteiger partial charge in [-0.25, -0.2) is 0 Å². The Balaban J connectivity index is 2.55. The molecule has 0 bridgehead atoms. The largest absolute Gasteiger partial charge is 0.375 e. The first kappa shape index (κ1) is 9.11. The van der Waals surface area contributed by atoms with E-state index in [1.54, 1.807) is 6.07 Å².